The lowest BCUT2D eigenvalue weighted by Crippen LogP contribution is -2.36. The first-order valence-corrected chi connectivity index (χ1v) is 6.75. The van der Waals surface area contributed by atoms with Gasteiger partial charge >= 0.3 is 5.97 Å². The number of aliphatic carboxylic acids is 1. The van der Waals surface area contributed by atoms with Crippen LogP contribution >= 0.6 is 0 Å². The van der Waals surface area contributed by atoms with Gasteiger partial charge in [-0.3, -0.25) is 9.59 Å². The number of carbonyl (C=O) groups excluding carboxylic acids is 1. The van der Waals surface area contributed by atoms with Crippen LogP contribution < -0.4 is 9.64 Å². The predicted octanol–water partition coefficient (Wildman–Crippen LogP) is 2.66. The largest absolute Gasteiger partial charge is 0.497 e. The van der Waals surface area contributed by atoms with E-state index in [4.69, 9.17) is 14.3 Å². The molecule has 0 aliphatic carbocycles. The molecule has 1 heterocycles. The van der Waals surface area contributed by atoms with Crippen molar-refractivity contribution in [2.24, 2.45) is 5.92 Å². The number of benzene rings is 1. The van der Waals surface area contributed by atoms with Gasteiger partial charge in [-0.05, 0) is 36.4 Å². The summed E-state index contributed by atoms with van der Waals surface area (Å²) in [5, 5.41) is 9.09. The van der Waals surface area contributed by atoms with Crippen LogP contribution in [-0.4, -0.2) is 30.6 Å². The van der Waals surface area contributed by atoms with Gasteiger partial charge in [-0.25, -0.2) is 0 Å². The number of hydrogen-bond donors (Lipinski definition) is 1. The van der Waals surface area contributed by atoms with Crippen molar-refractivity contribution in [1.82, 2.24) is 0 Å². The molecule has 1 aromatic carbocycles. The number of anilines is 1. The molecule has 1 N–H and O–H groups in total. The number of nitrogens with zero attached hydrogens (tertiary/aromatic N) is 1. The van der Waals surface area contributed by atoms with Crippen molar-refractivity contribution in [3.8, 4) is 5.75 Å². The summed E-state index contributed by atoms with van der Waals surface area (Å²) in [5.41, 5.74) is 0.579. The lowest BCUT2D eigenvalue weighted by Gasteiger charge is -2.24. The van der Waals surface area contributed by atoms with E-state index in [1.54, 1.807) is 50.4 Å². The number of amides is 1. The van der Waals surface area contributed by atoms with Crippen LogP contribution in [0.1, 0.15) is 17.5 Å². The fourth-order valence-corrected chi connectivity index (χ4v) is 1.95. The number of carboxylic acids is 1. The number of ether oxygens (including phenoxy) is 1. The summed E-state index contributed by atoms with van der Waals surface area (Å²) in [6.45, 7) is 1.59. The molecule has 2 rings (SSSR count). The standard InChI is InChI=1S/C16H17NO5/c1-11(16(19)20)10-17(15(18)14-4-3-9-22-14)12-5-7-13(21-2)8-6-12/h3-9,11H,10H2,1-2H3,(H,19,20). The molecule has 0 aliphatic heterocycles. The molecule has 0 aliphatic rings. The van der Waals surface area contributed by atoms with E-state index in [1.807, 2.05) is 0 Å². The molecule has 1 unspecified atom stereocenters. The smallest absolute Gasteiger partial charge is 0.308 e. The minimum Gasteiger partial charge on any atom is -0.497 e. The van der Waals surface area contributed by atoms with Crippen molar-refractivity contribution in [3.05, 3.63) is 48.4 Å². The van der Waals surface area contributed by atoms with Gasteiger partial charge in [-0.1, -0.05) is 6.92 Å². The summed E-state index contributed by atoms with van der Waals surface area (Å²) >= 11 is 0. The van der Waals surface area contributed by atoms with E-state index in [2.05, 4.69) is 0 Å². The Labute approximate surface area is 127 Å². The minimum absolute atomic E-state index is 0.0429. The molecule has 0 spiro atoms. The van der Waals surface area contributed by atoms with Crippen molar-refractivity contribution in [2.45, 2.75) is 6.92 Å². The average molecular weight is 303 g/mol. The van der Waals surface area contributed by atoms with Gasteiger partial charge in [0, 0.05) is 12.2 Å². The number of carboxylic acid groups (broad SMARTS) is 1. The second kappa shape index (κ2) is 6.80. The van der Waals surface area contributed by atoms with E-state index in [9.17, 15) is 9.59 Å². The number of carbonyl (C=O) groups is 2. The van der Waals surface area contributed by atoms with Gasteiger partial charge in [-0.15, -0.1) is 0 Å². The van der Waals surface area contributed by atoms with Crippen LogP contribution in [0, 0.1) is 5.92 Å². The van der Waals surface area contributed by atoms with Gasteiger partial charge in [0.15, 0.2) is 5.76 Å². The van der Waals surface area contributed by atoms with Crippen molar-refractivity contribution in [3.63, 3.8) is 0 Å². The van der Waals surface area contributed by atoms with Crippen molar-refractivity contribution >= 4 is 17.6 Å². The van der Waals surface area contributed by atoms with Crippen LogP contribution in [0.3, 0.4) is 0 Å². The maximum absolute atomic E-state index is 12.5. The van der Waals surface area contributed by atoms with E-state index < -0.39 is 11.9 Å². The summed E-state index contributed by atoms with van der Waals surface area (Å²) in [6, 6.07) is 9.99. The van der Waals surface area contributed by atoms with E-state index in [1.165, 1.54) is 11.2 Å². The monoisotopic (exact) mass is 303 g/mol. The molecule has 0 bridgehead atoms. The normalized spacial score (nSPS) is 11.7. The third-order valence-electron chi connectivity index (χ3n) is 3.24. The topological polar surface area (TPSA) is 80.0 Å². The van der Waals surface area contributed by atoms with Crippen molar-refractivity contribution in [2.75, 3.05) is 18.6 Å². The van der Waals surface area contributed by atoms with Crippen molar-refractivity contribution < 1.29 is 23.8 Å². The summed E-state index contributed by atoms with van der Waals surface area (Å²) in [5.74, 6) is -1.25. The molecule has 1 atom stereocenters. The van der Waals surface area contributed by atoms with E-state index >= 15 is 0 Å². The Bertz CT molecular complexity index is 633. The van der Waals surface area contributed by atoms with Crippen LogP contribution in [0.25, 0.3) is 0 Å². The Kier molecular flexibility index (Phi) is 4.83. The van der Waals surface area contributed by atoms with Gasteiger partial charge in [0.2, 0.25) is 0 Å². The van der Waals surface area contributed by atoms with Gasteiger partial charge in [0.05, 0.1) is 19.3 Å². The molecule has 1 amide bonds. The lowest BCUT2D eigenvalue weighted by molar-refractivity contribution is -0.140. The Morgan fingerprint density at radius 1 is 1.27 bits per heavy atom. The number of hydrogen-bond acceptors (Lipinski definition) is 4. The van der Waals surface area contributed by atoms with E-state index in [-0.39, 0.29) is 18.2 Å². The first-order valence-electron chi connectivity index (χ1n) is 6.75. The molecule has 6 heteroatoms. The molecular formula is C16H17NO5. The van der Waals surface area contributed by atoms with Crippen LogP contribution in [0.5, 0.6) is 5.75 Å². The average Bonchev–Trinajstić information content (AvgIpc) is 3.06. The first kappa shape index (κ1) is 15.6. The van der Waals surface area contributed by atoms with E-state index in [0.29, 0.717) is 11.4 Å². The zero-order chi connectivity index (χ0) is 16.1. The summed E-state index contributed by atoms with van der Waals surface area (Å²) in [6.07, 6.45) is 1.40. The Hall–Kier alpha value is -2.76. The van der Waals surface area contributed by atoms with Crippen LogP contribution in [0.2, 0.25) is 0 Å². The Morgan fingerprint density at radius 2 is 1.95 bits per heavy atom. The summed E-state index contributed by atoms with van der Waals surface area (Å²) in [7, 11) is 1.55. The molecule has 1 aromatic heterocycles. The molecule has 116 valence electrons. The maximum Gasteiger partial charge on any atom is 0.308 e. The summed E-state index contributed by atoms with van der Waals surface area (Å²) < 4.78 is 10.2. The van der Waals surface area contributed by atoms with Gasteiger partial charge in [-0.2, -0.15) is 0 Å². The molecule has 0 saturated heterocycles. The number of methoxy groups -OCH3 is 1. The quantitative estimate of drug-likeness (QED) is 0.887. The molecular weight excluding hydrogens is 286 g/mol. The molecule has 6 nitrogen and oxygen atoms in total. The zero-order valence-electron chi connectivity index (χ0n) is 12.4. The highest BCUT2D eigenvalue weighted by Crippen LogP contribution is 2.22. The fourth-order valence-electron chi connectivity index (χ4n) is 1.95. The van der Waals surface area contributed by atoms with E-state index in [0.717, 1.165) is 0 Å². The number of furan rings is 1. The molecule has 22 heavy (non-hydrogen) atoms. The third-order valence-corrected chi connectivity index (χ3v) is 3.24. The lowest BCUT2D eigenvalue weighted by atomic mass is 10.1. The molecule has 0 fully saturated rings. The minimum atomic E-state index is -0.967. The molecule has 0 saturated carbocycles. The fraction of sp³-hybridized carbons (Fsp3) is 0.250. The number of rotatable bonds is 6. The SMILES string of the molecule is COc1ccc(N(CC(C)C(=O)O)C(=O)c2ccco2)cc1. The molecule has 0 radical (unpaired) electrons. The van der Waals surface area contributed by atoms with Crippen LogP contribution in [0.15, 0.2) is 47.1 Å². The van der Waals surface area contributed by atoms with Gasteiger partial charge < -0.3 is 19.2 Å². The third kappa shape index (κ3) is 3.46. The maximum atomic E-state index is 12.5. The highest BCUT2D eigenvalue weighted by molar-refractivity contribution is 6.04. The highest BCUT2D eigenvalue weighted by Gasteiger charge is 2.24. The second-order valence-electron chi connectivity index (χ2n) is 4.83. The highest BCUT2D eigenvalue weighted by atomic mass is 16.5. The molecule has 2 aromatic rings. The first-order chi connectivity index (χ1) is 10.5. The summed E-state index contributed by atoms with van der Waals surface area (Å²) in [4.78, 5) is 25.0. The second-order valence-corrected chi connectivity index (χ2v) is 4.83. The van der Waals surface area contributed by atoms with Gasteiger partial charge in [0.25, 0.3) is 5.91 Å². The van der Waals surface area contributed by atoms with Crippen LogP contribution in [-0.2, 0) is 4.79 Å². The van der Waals surface area contributed by atoms with Gasteiger partial charge in [0.1, 0.15) is 5.75 Å². The van der Waals surface area contributed by atoms with Crippen LogP contribution in [0.4, 0.5) is 5.69 Å². The van der Waals surface area contributed by atoms with Crippen molar-refractivity contribution in [1.29, 1.82) is 0 Å². The predicted molar refractivity (Wildman–Crippen MR) is 80.2 cm³/mol. The zero-order valence-corrected chi connectivity index (χ0v) is 12.4. The Morgan fingerprint density at radius 3 is 2.45 bits per heavy atom. The Balaban J connectivity index is 2.31.